The summed E-state index contributed by atoms with van der Waals surface area (Å²) in [6, 6.07) is 23.7. The number of para-hydroxylation sites is 2. The van der Waals surface area contributed by atoms with Crippen molar-refractivity contribution in [1.82, 2.24) is 9.55 Å². The Bertz CT molecular complexity index is 1270. The normalized spacial score (nSPS) is 17.2. The highest BCUT2D eigenvalue weighted by Crippen LogP contribution is 2.37. The van der Waals surface area contributed by atoms with Gasteiger partial charge in [-0.3, -0.25) is 4.57 Å². The van der Waals surface area contributed by atoms with E-state index in [2.05, 4.69) is 107 Å². The lowest BCUT2D eigenvalue weighted by Gasteiger charge is -2.30. The molecule has 0 saturated heterocycles. The van der Waals surface area contributed by atoms with Crippen molar-refractivity contribution in [2.75, 3.05) is 9.80 Å². The number of benzene rings is 3. The number of fused-ring (bicyclic) bond motifs is 5. The third-order valence-electron chi connectivity index (χ3n) is 6.15. The molecule has 0 radical (unpaired) electrons. The van der Waals surface area contributed by atoms with Crippen LogP contribution in [0.4, 0.5) is 11.4 Å². The summed E-state index contributed by atoms with van der Waals surface area (Å²) < 4.78 is 2.33. The fourth-order valence-electron chi connectivity index (χ4n) is 4.69. The molecule has 4 heteroatoms. The maximum absolute atomic E-state index is 4.93. The van der Waals surface area contributed by atoms with E-state index in [1.54, 1.807) is 0 Å². The fraction of sp³-hybridized carbons (Fsp3) is 0.160. The average molecular weight is 378 g/mol. The Morgan fingerprint density at radius 2 is 1.62 bits per heavy atom. The predicted molar refractivity (Wildman–Crippen MR) is 119 cm³/mol. The van der Waals surface area contributed by atoms with Crippen molar-refractivity contribution in [3.63, 3.8) is 0 Å². The highest BCUT2D eigenvalue weighted by molar-refractivity contribution is 5.86. The molecule has 0 saturated carbocycles. The molecule has 2 aliphatic rings. The molecular weight excluding hydrogens is 356 g/mol. The first kappa shape index (κ1) is 16.4. The van der Waals surface area contributed by atoms with E-state index in [4.69, 9.17) is 4.98 Å². The molecule has 0 fully saturated rings. The van der Waals surface area contributed by atoms with Crippen molar-refractivity contribution in [1.29, 1.82) is 0 Å². The molecule has 0 bridgehead atoms. The van der Waals surface area contributed by atoms with E-state index in [9.17, 15) is 0 Å². The molecular formula is C25H22N4. The van der Waals surface area contributed by atoms with Crippen molar-refractivity contribution in [2.45, 2.75) is 26.4 Å². The van der Waals surface area contributed by atoms with Gasteiger partial charge >= 0.3 is 0 Å². The Balaban J connectivity index is 1.45. The van der Waals surface area contributed by atoms with Crippen LogP contribution in [0.25, 0.3) is 16.7 Å². The molecule has 0 unspecified atom stereocenters. The minimum absolute atomic E-state index is 0.210. The first-order valence-corrected chi connectivity index (χ1v) is 10.1. The number of aryl methyl sites for hydroxylation is 1. The van der Waals surface area contributed by atoms with Gasteiger partial charge < -0.3 is 9.80 Å². The third-order valence-corrected chi connectivity index (χ3v) is 6.15. The van der Waals surface area contributed by atoms with Crippen LogP contribution in [0.2, 0.25) is 0 Å². The SMILES string of the molecule is Cc1cc2nc3n(c2cc1N1C=CN(c2ccccc2)[C@@H]1C)-c1ccccc1C3. The van der Waals surface area contributed by atoms with Gasteiger partial charge in [-0.15, -0.1) is 0 Å². The zero-order valence-corrected chi connectivity index (χ0v) is 16.6. The van der Waals surface area contributed by atoms with Crippen molar-refractivity contribution in [2.24, 2.45) is 0 Å². The number of anilines is 2. The molecule has 2 aliphatic heterocycles. The molecule has 4 nitrogen and oxygen atoms in total. The smallest absolute Gasteiger partial charge is 0.118 e. The van der Waals surface area contributed by atoms with Crippen molar-refractivity contribution in [3.05, 3.63) is 96.1 Å². The highest BCUT2D eigenvalue weighted by atomic mass is 15.4. The topological polar surface area (TPSA) is 24.3 Å². The average Bonchev–Trinajstić information content (AvgIpc) is 3.39. The van der Waals surface area contributed by atoms with Gasteiger partial charge in [0.1, 0.15) is 12.0 Å². The molecule has 6 rings (SSSR count). The molecule has 1 atom stereocenters. The van der Waals surface area contributed by atoms with Crippen LogP contribution in [0, 0.1) is 6.92 Å². The Morgan fingerprint density at radius 3 is 2.48 bits per heavy atom. The number of hydrogen-bond donors (Lipinski definition) is 0. The standard InChI is InChI=1S/C25H22N4/c1-17-14-21-24(29-22-11-7-6-8-19(22)15-25(29)26-21)16-23(17)28-13-12-27(18(28)2)20-9-4-3-5-10-20/h3-14,16,18H,15H2,1-2H3/t18-/m0/s1. The van der Waals surface area contributed by atoms with Crippen LogP contribution in [-0.2, 0) is 6.42 Å². The second-order valence-corrected chi connectivity index (χ2v) is 7.88. The van der Waals surface area contributed by atoms with E-state index in [1.807, 2.05) is 0 Å². The quantitative estimate of drug-likeness (QED) is 0.412. The van der Waals surface area contributed by atoms with Gasteiger partial charge in [0.05, 0.1) is 16.7 Å². The Labute approximate surface area is 170 Å². The molecule has 0 amide bonds. The summed E-state index contributed by atoms with van der Waals surface area (Å²) in [6.07, 6.45) is 5.46. The summed E-state index contributed by atoms with van der Waals surface area (Å²) in [7, 11) is 0. The van der Waals surface area contributed by atoms with Crippen molar-refractivity contribution >= 4 is 22.4 Å². The number of aromatic nitrogens is 2. The number of nitrogens with zero attached hydrogens (tertiary/aromatic N) is 4. The molecule has 0 N–H and O–H groups in total. The summed E-state index contributed by atoms with van der Waals surface area (Å²) in [5.41, 5.74) is 8.55. The van der Waals surface area contributed by atoms with Crippen LogP contribution in [0.1, 0.15) is 23.9 Å². The van der Waals surface area contributed by atoms with E-state index in [-0.39, 0.29) is 6.17 Å². The third kappa shape index (κ3) is 2.35. The highest BCUT2D eigenvalue weighted by Gasteiger charge is 2.27. The molecule has 3 heterocycles. The van der Waals surface area contributed by atoms with Gasteiger partial charge in [0.15, 0.2) is 0 Å². The Hall–Kier alpha value is -3.53. The van der Waals surface area contributed by atoms with Gasteiger partial charge in [-0.25, -0.2) is 4.98 Å². The summed E-state index contributed by atoms with van der Waals surface area (Å²) in [6.45, 7) is 4.42. The maximum Gasteiger partial charge on any atom is 0.118 e. The number of imidazole rings is 1. The summed E-state index contributed by atoms with van der Waals surface area (Å²) >= 11 is 0. The van der Waals surface area contributed by atoms with Crippen molar-refractivity contribution in [3.8, 4) is 5.69 Å². The van der Waals surface area contributed by atoms with Crippen LogP contribution < -0.4 is 9.80 Å². The lowest BCUT2D eigenvalue weighted by Crippen LogP contribution is -2.36. The lowest BCUT2D eigenvalue weighted by molar-refractivity contribution is 0.748. The summed E-state index contributed by atoms with van der Waals surface area (Å²) in [5.74, 6) is 1.13. The second kappa shape index (κ2) is 5.98. The van der Waals surface area contributed by atoms with E-state index in [0.29, 0.717) is 0 Å². The molecule has 0 aliphatic carbocycles. The first-order chi connectivity index (χ1) is 14.2. The molecule has 1 aromatic heterocycles. The largest absolute Gasteiger partial charge is 0.326 e. The molecule has 0 spiro atoms. The minimum atomic E-state index is 0.210. The van der Waals surface area contributed by atoms with Gasteiger partial charge in [-0.05, 0) is 55.3 Å². The monoisotopic (exact) mass is 378 g/mol. The molecule has 142 valence electrons. The van der Waals surface area contributed by atoms with E-state index < -0.39 is 0 Å². The van der Waals surface area contributed by atoms with Crippen molar-refractivity contribution < 1.29 is 0 Å². The zero-order chi connectivity index (χ0) is 19.5. The summed E-state index contributed by atoms with van der Waals surface area (Å²) in [5, 5.41) is 0. The van der Waals surface area contributed by atoms with Gasteiger partial charge in [0, 0.05) is 30.2 Å². The Kier molecular flexibility index (Phi) is 3.39. The number of rotatable bonds is 2. The van der Waals surface area contributed by atoms with Crippen LogP contribution in [0.3, 0.4) is 0 Å². The van der Waals surface area contributed by atoms with E-state index in [1.165, 1.54) is 33.7 Å². The Morgan fingerprint density at radius 1 is 0.862 bits per heavy atom. The molecule has 3 aromatic carbocycles. The van der Waals surface area contributed by atoms with Crippen LogP contribution >= 0.6 is 0 Å². The molecule has 29 heavy (non-hydrogen) atoms. The van der Waals surface area contributed by atoms with Crippen LogP contribution in [0.5, 0.6) is 0 Å². The predicted octanol–water partition coefficient (Wildman–Crippen LogP) is 5.38. The first-order valence-electron chi connectivity index (χ1n) is 10.1. The fourth-order valence-corrected chi connectivity index (χ4v) is 4.69. The maximum atomic E-state index is 4.93. The van der Waals surface area contributed by atoms with Gasteiger partial charge in [0.2, 0.25) is 0 Å². The van der Waals surface area contributed by atoms with E-state index >= 15 is 0 Å². The minimum Gasteiger partial charge on any atom is -0.326 e. The van der Waals surface area contributed by atoms with Crippen LogP contribution in [-0.4, -0.2) is 15.7 Å². The zero-order valence-electron chi connectivity index (χ0n) is 16.6. The second-order valence-electron chi connectivity index (χ2n) is 7.88. The van der Waals surface area contributed by atoms with Gasteiger partial charge in [-0.1, -0.05) is 36.4 Å². The molecule has 4 aromatic rings. The lowest BCUT2D eigenvalue weighted by atomic mass is 10.1. The number of hydrogen-bond acceptors (Lipinski definition) is 3. The van der Waals surface area contributed by atoms with Gasteiger partial charge in [0.25, 0.3) is 0 Å². The van der Waals surface area contributed by atoms with Crippen LogP contribution in [0.15, 0.2) is 79.1 Å². The van der Waals surface area contributed by atoms with Gasteiger partial charge in [-0.2, -0.15) is 0 Å². The summed E-state index contributed by atoms with van der Waals surface area (Å²) in [4.78, 5) is 9.59. The van der Waals surface area contributed by atoms with E-state index in [0.717, 1.165) is 17.8 Å².